The Balaban J connectivity index is 1.25. The van der Waals surface area contributed by atoms with Crippen LogP contribution in [0.5, 0.6) is 5.75 Å². The van der Waals surface area contributed by atoms with Crippen molar-refractivity contribution >= 4 is 75.7 Å². The van der Waals surface area contributed by atoms with Gasteiger partial charge < -0.3 is 17.7 Å². The van der Waals surface area contributed by atoms with Crippen LogP contribution in [0.2, 0.25) is 0 Å². The fourth-order valence-corrected chi connectivity index (χ4v) is 9.07. The van der Waals surface area contributed by atoms with Crippen LogP contribution in [-0.2, 0) is 10.1 Å². The SMILES string of the molecule is O=S(=O)(Oc1c(-c2ccc3c(c2)c2ccccc2n3-c2ccccc2)cc2oc3ccccc3c2c1-c1ccc2c(c1)c1ccccc1n2-c1ccccc1)C(F)(F)F. The third-order valence-electron chi connectivity index (χ3n) is 11.1. The molecule has 0 aliphatic rings. The summed E-state index contributed by atoms with van der Waals surface area (Å²) in [5, 5.41) is 4.45. The summed E-state index contributed by atoms with van der Waals surface area (Å²) in [6, 6.07) is 55.4. The number of nitrogens with zero attached hydrogens (tertiary/aromatic N) is 2. The topological polar surface area (TPSA) is 66.4 Å². The molecule has 0 spiro atoms. The third-order valence-corrected chi connectivity index (χ3v) is 12.0. The Morgan fingerprint density at radius 3 is 1.53 bits per heavy atom. The molecule has 59 heavy (non-hydrogen) atoms. The maximum atomic E-state index is 14.5. The minimum atomic E-state index is -6.17. The van der Waals surface area contributed by atoms with Crippen molar-refractivity contribution < 1.29 is 30.2 Å². The predicted molar refractivity (Wildman–Crippen MR) is 229 cm³/mol. The first kappa shape index (κ1) is 34.9. The van der Waals surface area contributed by atoms with Gasteiger partial charge in [0.1, 0.15) is 11.2 Å². The molecule has 0 radical (unpaired) electrons. The molecule has 0 aliphatic carbocycles. The molecule has 3 aromatic heterocycles. The van der Waals surface area contributed by atoms with Gasteiger partial charge in [-0.25, -0.2) is 0 Å². The highest BCUT2D eigenvalue weighted by atomic mass is 32.2. The van der Waals surface area contributed by atoms with E-state index in [1.807, 2.05) is 133 Å². The van der Waals surface area contributed by atoms with Crippen molar-refractivity contribution in [1.82, 2.24) is 9.13 Å². The summed E-state index contributed by atoms with van der Waals surface area (Å²) in [4.78, 5) is 0. The van der Waals surface area contributed by atoms with Crippen LogP contribution in [-0.4, -0.2) is 23.1 Å². The van der Waals surface area contributed by atoms with Crippen molar-refractivity contribution in [2.45, 2.75) is 5.51 Å². The van der Waals surface area contributed by atoms with E-state index in [2.05, 4.69) is 9.13 Å². The molecule has 11 aromatic rings. The lowest BCUT2D eigenvalue weighted by Crippen LogP contribution is -2.28. The fourth-order valence-electron chi connectivity index (χ4n) is 8.58. The quantitative estimate of drug-likeness (QED) is 0.124. The number of halogens is 3. The molecule has 10 heteroatoms. The molecular formula is C49H29F3N2O4S. The van der Waals surface area contributed by atoms with Gasteiger partial charge in [-0.1, -0.05) is 103 Å². The van der Waals surface area contributed by atoms with Crippen molar-refractivity contribution in [3.05, 3.63) is 176 Å². The summed E-state index contributed by atoms with van der Waals surface area (Å²) < 4.78 is 85.9. The van der Waals surface area contributed by atoms with Crippen LogP contribution in [0.3, 0.4) is 0 Å². The highest BCUT2D eigenvalue weighted by Gasteiger charge is 2.49. The summed E-state index contributed by atoms with van der Waals surface area (Å²) in [6.07, 6.45) is 0. The van der Waals surface area contributed by atoms with E-state index in [0.29, 0.717) is 33.1 Å². The average molecular weight is 799 g/mol. The lowest BCUT2D eigenvalue weighted by molar-refractivity contribution is -0.0499. The summed E-state index contributed by atoms with van der Waals surface area (Å²) in [7, 11) is -6.17. The molecule has 3 heterocycles. The molecule has 6 nitrogen and oxygen atoms in total. The molecule has 0 aliphatic heterocycles. The van der Waals surface area contributed by atoms with E-state index in [1.165, 1.54) is 0 Å². The van der Waals surface area contributed by atoms with Gasteiger partial charge in [0, 0.05) is 54.8 Å². The van der Waals surface area contributed by atoms with Gasteiger partial charge in [-0.2, -0.15) is 21.6 Å². The number of hydrogen-bond acceptors (Lipinski definition) is 4. The number of fused-ring (bicyclic) bond motifs is 9. The van der Waals surface area contributed by atoms with Gasteiger partial charge >= 0.3 is 15.6 Å². The Kier molecular flexibility index (Phi) is 7.61. The number of alkyl halides is 3. The molecular weight excluding hydrogens is 770 g/mol. The van der Waals surface area contributed by atoms with E-state index in [9.17, 15) is 21.6 Å². The molecule has 0 saturated carbocycles. The zero-order valence-corrected chi connectivity index (χ0v) is 31.6. The minimum Gasteiger partial charge on any atom is -0.456 e. The van der Waals surface area contributed by atoms with Crippen molar-refractivity contribution in [2.24, 2.45) is 0 Å². The standard InChI is InChI=1S/C49H29F3N2O4S/c50-49(51,52)59(55,56)58-48-37(30-23-25-42-38(27-30)34-17-7-10-20-40(34)53(42)32-13-3-1-4-14-32)29-45-47(36-19-9-12-22-44(36)57-45)46(48)31-24-26-43-39(28-31)35-18-8-11-21-41(35)54(43)33-15-5-2-6-16-33/h1-29H. The summed E-state index contributed by atoms with van der Waals surface area (Å²) in [5.41, 5.74) is 1.71. The van der Waals surface area contributed by atoms with Crippen LogP contribution in [0.15, 0.2) is 180 Å². The average Bonchev–Trinajstić information content (AvgIpc) is 3.90. The molecule has 286 valence electrons. The van der Waals surface area contributed by atoms with Crippen LogP contribution in [0.1, 0.15) is 0 Å². The van der Waals surface area contributed by atoms with Crippen LogP contribution in [0.25, 0.3) is 99.2 Å². The van der Waals surface area contributed by atoms with Crippen LogP contribution < -0.4 is 4.18 Å². The second kappa shape index (κ2) is 12.9. The zero-order valence-electron chi connectivity index (χ0n) is 30.8. The third kappa shape index (κ3) is 5.37. The van der Waals surface area contributed by atoms with E-state index in [1.54, 1.807) is 42.5 Å². The Morgan fingerprint density at radius 2 is 0.949 bits per heavy atom. The van der Waals surface area contributed by atoms with Crippen LogP contribution in [0.4, 0.5) is 13.2 Å². The van der Waals surface area contributed by atoms with Crippen LogP contribution in [0, 0.1) is 0 Å². The first-order valence-electron chi connectivity index (χ1n) is 18.8. The minimum absolute atomic E-state index is 0.115. The van der Waals surface area contributed by atoms with Gasteiger partial charge in [0.2, 0.25) is 0 Å². The Labute approximate surface area is 334 Å². The van der Waals surface area contributed by atoms with E-state index in [0.717, 1.165) is 55.0 Å². The van der Waals surface area contributed by atoms with Gasteiger partial charge in [0.25, 0.3) is 0 Å². The van der Waals surface area contributed by atoms with E-state index < -0.39 is 21.4 Å². The molecule has 0 atom stereocenters. The van der Waals surface area contributed by atoms with Gasteiger partial charge in [0.05, 0.1) is 22.1 Å². The second-order valence-corrected chi connectivity index (χ2v) is 16.0. The maximum absolute atomic E-state index is 14.5. The predicted octanol–water partition coefficient (Wildman–Crippen LogP) is 13.3. The molecule has 8 aromatic carbocycles. The Bertz CT molecular complexity index is 3590. The van der Waals surface area contributed by atoms with E-state index in [4.69, 9.17) is 8.60 Å². The monoisotopic (exact) mass is 798 g/mol. The van der Waals surface area contributed by atoms with Gasteiger partial charge in [-0.15, -0.1) is 0 Å². The maximum Gasteiger partial charge on any atom is 0.534 e. The number of hydrogen-bond donors (Lipinski definition) is 0. The van der Waals surface area contributed by atoms with Gasteiger partial charge in [0.15, 0.2) is 5.75 Å². The lowest BCUT2D eigenvalue weighted by Gasteiger charge is -2.19. The van der Waals surface area contributed by atoms with Crippen molar-refractivity contribution in [3.8, 4) is 39.4 Å². The number of benzene rings is 8. The number of para-hydroxylation sites is 5. The lowest BCUT2D eigenvalue weighted by atomic mass is 9.91. The molecule has 0 bridgehead atoms. The highest BCUT2D eigenvalue weighted by molar-refractivity contribution is 7.88. The second-order valence-electron chi connectivity index (χ2n) is 14.4. The van der Waals surface area contributed by atoms with Crippen molar-refractivity contribution in [3.63, 3.8) is 0 Å². The Hall–Kier alpha value is -7.30. The first-order chi connectivity index (χ1) is 28.7. The van der Waals surface area contributed by atoms with Crippen molar-refractivity contribution in [2.75, 3.05) is 0 Å². The number of rotatable bonds is 6. The number of furan rings is 1. The number of aromatic nitrogens is 2. The normalized spacial score (nSPS) is 12.5. The summed E-state index contributed by atoms with van der Waals surface area (Å²) in [5.74, 6) is -0.460. The molecule has 11 rings (SSSR count). The van der Waals surface area contributed by atoms with E-state index >= 15 is 0 Å². The molecule has 0 unspecified atom stereocenters. The molecule has 0 N–H and O–H groups in total. The molecule has 0 fully saturated rings. The highest BCUT2D eigenvalue weighted by Crippen LogP contribution is 2.51. The molecule has 0 saturated heterocycles. The molecule has 0 amide bonds. The van der Waals surface area contributed by atoms with Gasteiger partial charge in [-0.05, 0) is 83.9 Å². The smallest absolute Gasteiger partial charge is 0.456 e. The Morgan fingerprint density at radius 1 is 0.475 bits per heavy atom. The summed E-state index contributed by atoms with van der Waals surface area (Å²) >= 11 is 0. The first-order valence-corrected chi connectivity index (χ1v) is 20.2. The van der Waals surface area contributed by atoms with Crippen LogP contribution >= 0.6 is 0 Å². The summed E-state index contributed by atoms with van der Waals surface area (Å²) in [6.45, 7) is 0. The van der Waals surface area contributed by atoms with Gasteiger partial charge in [-0.3, -0.25) is 0 Å². The largest absolute Gasteiger partial charge is 0.534 e. The fraction of sp³-hybridized carbons (Fsp3) is 0.0204. The zero-order chi connectivity index (χ0) is 40.0. The van der Waals surface area contributed by atoms with Crippen molar-refractivity contribution in [1.29, 1.82) is 0 Å². The van der Waals surface area contributed by atoms with E-state index in [-0.39, 0.29) is 11.1 Å².